The number of rotatable bonds is 4. The van der Waals surface area contributed by atoms with Crippen molar-refractivity contribution in [3.05, 3.63) is 23.8 Å². The molecule has 0 aliphatic heterocycles. The fraction of sp³-hybridized carbons (Fsp3) is 0.400. The van der Waals surface area contributed by atoms with E-state index < -0.39 is 0 Å². The van der Waals surface area contributed by atoms with Gasteiger partial charge in [0.15, 0.2) is 0 Å². The van der Waals surface area contributed by atoms with Gasteiger partial charge in [-0.15, -0.1) is 0 Å². The first-order valence-electron chi connectivity index (χ1n) is 4.27. The maximum absolute atomic E-state index is 8.64. The molecule has 0 bridgehead atoms. The minimum atomic E-state index is 0.122. The minimum absolute atomic E-state index is 0.122. The zero-order valence-electron chi connectivity index (χ0n) is 8.00. The Kier molecular flexibility index (Phi) is 3.58. The lowest BCUT2D eigenvalue weighted by Crippen LogP contribution is -2.06. The molecular formula is C10H15NO2. The third kappa shape index (κ3) is 2.63. The maximum Gasteiger partial charge on any atom is 0.142 e. The summed E-state index contributed by atoms with van der Waals surface area (Å²) in [6.45, 7) is 2.68. The molecule has 13 heavy (non-hydrogen) atoms. The first-order valence-corrected chi connectivity index (χ1v) is 4.27. The summed E-state index contributed by atoms with van der Waals surface area (Å²) < 4.78 is 5.18. The molecule has 0 saturated carbocycles. The summed E-state index contributed by atoms with van der Waals surface area (Å²) in [7, 11) is 1.64. The highest BCUT2D eigenvalue weighted by Crippen LogP contribution is 2.24. The lowest BCUT2D eigenvalue weighted by molar-refractivity contribution is 0.311. The van der Waals surface area contributed by atoms with Gasteiger partial charge in [0.05, 0.1) is 19.4 Å². The Bertz CT molecular complexity index is 274. The summed E-state index contributed by atoms with van der Waals surface area (Å²) in [6, 6.07) is 5.91. The van der Waals surface area contributed by atoms with Crippen LogP contribution < -0.4 is 10.1 Å². The van der Waals surface area contributed by atoms with Gasteiger partial charge >= 0.3 is 0 Å². The quantitative estimate of drug-likeness (QED) is 0.738. The van der Waals surface area contributed by atoms with Crippen LogP contribution >= 0.6 is 0 Å². The Balaban J connectivity index is 2.79. The van der Waals surface area contributed by atoms with Gasteiger partial charge in [-0.1, -0.05) is 6.07 Å². The Hall–Kier alpha value is -1.22. The normalized spacial score (nSPS) is 9.77. The molecule has 0 aliphatic rings. The number of ether oxygens (including phenoxy) is 1. The van der Waals surface area contributed by atoms with Crippen molar-refractivity contribution in [2.75, 3.05) is 25.6 Å². The number of benzene rings is 1. The van der Waals surface area contributed by atoms with Crippen molar-refractivity contribution >= 4 is 5.69 Å². The molecule has 1 rings (SSSR count). The third-order valence-electron chi connectivity index (χ3n) is 1.78. The molecule has 1 aromatic carbocycles. The monoisotopic (exact) mass is 181 g/mol. The van der Waals surface area contributed by atoms with Gasteiger partial charge < -0.3 is 15.2 Å². The average molecular weight is 181 g/mol. The van der Waals surface area contributed by atoms with Crippen molar-refractivity contribution in [2.24, 2.45) is 0 Å². The van der Waals surface area contributed by atoms with E-state index in [1.165, 1.54) is 0 Å². The second-order valence-electron chi connectivity index (χ2n) is 2.85. The van der Waals surface area contributed by atoms with Crippen LogP contribution in [0.4, 0.5) is 5.69 Å². The van der Waals surface area contributed by atoms with Crippen molar-refractivity contribution < 1.29 is 9.84 Å². The van der Waals surface area contributed by atoms with E-state index in [2.05, 4.69) is 5.32 Å². The molecule has 0 fully saturated rings. The molecule has 1 aromatic rings. The van der Waals surface area contributed by atoms with Crippen LogP contribution in [0.3, 0.4) is 0 Å². The van der Waals surface area contributed by atoms with Gasteiger partial charge in [-0.2, -0.15) is 0 Å². The molecule has 0 saturated heterocycles. The van der Waals surface area contributed by atoms with E-state index in [0.717, 1.165) is 17.0 Å². The minimum Gasteiger partial charge on any atom is -0.495 e. The number of hydrogen-bond acceptors (Lipinski definition) is 3. The van der Waals surface area contributed by atoms with Gasteiger partial charge in [-0.05, 0) is 24.6 Å². The topological polar surface area (TPSA) is 41.5 Å². The predicted octanol–water partition coefficient (Wildman–Crippen LogP) is 1.41. The number of methoxy groups -OCH3 is 1. The molecule has 2 N–H and O–H groups in total. The number of nitrogens with one attached hydrogen (secondary N) is 1. The molecule has 0 heterocycles. The molecule has 3 heteroatoms. The van der Waals surface area contributed by atoms with Crippen molar-refractivity contribution in [3.8, 4) is 5.75 Å². The number of aliphatic hydroxyl groups is 1. The first kappa shape index (κ1) is 9.86. The highest BCUT2D eigenvalue weighted by Gasteiger charge is 2.00. The van der Waals surface area contributed by atoms with Gasteiger partial charge in [0, 0.05) is 6.54 Å². The van der Waals surface area contributed by atoms with Crippen LogP contribution in [-0.2, 0) is 0 Å². The van der Waals surface area contributed by atoms with Gasteiger partial charge in [0.25, 0.3) is 0 Å². The number of anilines is 1. The van der Waals surface area contributed by atoms with E-state index in [0.29, 0.717) is 6.54 Å². The van der Waals surface area contributed by atoms with Gasteiger partial charge in [0.1, 0.15) is 5.75 Å². The van der Waals surface area contributed by atoms with Crippen LogP contribution in [0.15, 0.2) is 18.2 Å². The lowest BCUT2D eigenvalue weighted by atomic mass is 10.2. The standard InChI is InChI=1S/C10H15NO2/c1-8-3-4-9(11-5-6-12)10(7-8)13-2/h3-4,7,11-12H,5-6H2,1-2H3. The molecule has 0 atom stereocenters. The molecule has 0 aromatic heterocycles. The smallest absolute Gasteiger partial charge is 0.142 e. The molecule has 0 aliphatic carbocycles. The number of aliphatic hydroxyl groups excluding tert-OH is 1. The Morgan fingerprint density at radius 2 is 2.23 bits per heavy atom. The summed E-state index contributed by atoms with van der Waals surface area (Å²) >= 11 is 0. The van der Waals surface area contributed by atoms with Crippen molar-refractivity contribution in [1.82, 2.24) is 0 Å². The Morgan fingerprint density at radius 3 is 2.85 bits per heavy atom. The van der Waals surface area contributed by atoms with Crippen LogP contribution in [0, 0.1) is 6.92 Å². The first-order chi connectivity index (χ1) is 6.27. The van der Waals surface area contributed by atoms with Gasteiger partial charge in [-0.3, -0.25) is 0 Å². The summed E-state index contributed by atoms with van der Waals surface area (Å²) in [5.41, 5.74) is 2.08. The number of hydrogen-bond donors (Lipinski definition) is 2. The zero-order valence-corrected chi connectivity index (χ0v) is 8.00. The summed E-state index contributed by atoms with van der Waals surface area (Å²) in [5.74, 6) is 0.813. The van der Waals surface area contributed by atoms with Crippen LogP contribution in [0.2, 0.25) is 0 Å². The molecule has 0 unspecified atom stereocenters. The highest BCUT2D eigenvalue weighted by atomic mass is 16.5. The van der Waals surface area contributed by atoms with Crippen molar-refractivity contribution in [3.63, 3.8) is 0 Å². The SMILES string of the molecule is COc1cc(C)ccc1NCCO. The highest BCUT2D eigenvalue weighted by molar-refractivity contribution is 5.57. The fourth-order valence-corrected chi connectivity index (χ4v) is 1.14. The second kappa shape index (κ2) is 4.72. The zero-order chi connectivity index (χ0) is 9.68. The molecule has 72 valence electrons. The molecule has 3 nitrogen and oxygen atoms in total. The Labute approximate surface area is 78.3 Å². The lowest BCUT2D eigenvalue weighted by Gasteiger charge is -2.10. The van der Waals surface area contributed by atoms with Crippen LogP contribution in [0.1, 0.15) is 5.56 Å². The van der Waals surface area contributed by atoms with E-state index >= 15 is 0 Å². The van der Waals surface area contributed by atoms with E-state index in [9.17, 15) is 0 Å². The van der Waals surface area contributed by atoms with Crippen molar-refractivity contribution in [2.45, 2.75) is 6.92 Å². The largest absolute Gasteiger partial charge is 0.495 e. The second-order valence-corrected chi connectivity index (χ2v) is 2.85. The van der Waals surface area contributed by atoms with E-state index in [1.807, 2.05) is 25.1 Å². The van der Waals surface area contributed by atoms with Crippen molar-refractivity contribution in [1.29, 1.82) is 0 Å². The maximum atomic E-state index is 8.64. The predicted molar refractivity (Wildman–Crippen MR) is 53.3 cm³/mol. The fourth-order valence-electron chi connectivity index (χ4n) is 1.14. The summed E-state index contributed by atoms with van der Waals surface area (Å²) in [5, 5.41) is 11.7. The third-order valence-corrected chi connectivity index (χ3v) is 1.78. The molecule has 0 amide bonds. The molecule has 0 spiro atoms. The van der Waals surface area contributed by atoms with E-state index in [-0.39, 0.29) is 6.61 Å². The van der Waals surface area contributed by atoms with Crippen LogP contribution in [-0.4, -0.2) is 25.4 Å². The van der Waals surface area contributed by atoms with Gasteiger partial charge in [0.2, 0.25) is 0 Å². The summed E-state index contributed by atoms with van der Waals surface area (Å²) in [6.07, 6.45) is 0. The average Bonchev–Trinajstić information content (AvgIpc) is 2.16. The molecular weight excluding hydrogens is 166 g/mol. The summed E-state index contributed by atoms with van der Waals surface area (Å²) in [4.78, 5) is 0. The van der Waals surface area contributed by atoms with Crippen LogP contribution in [0.5, 0.6) is 5.75 Å². The van der Waals surface area contributed by atoms with Gasteiger partial charge in [-0.25, -0.2) is 0 Å². The number of aryl methyl sites for hydroxylation is 1. The Morgan fingerprint density at radius 1 is 1.46 bits per heavy atom. The van der Waals surface area contributed by atoms with E-state index in [1.54, 1.807) is 7.11 Å². The van der Waals surface area contributed by atoms with E-state index in [4.69, 9.17) is 9.84 Å². The van der Waals surface area contributed by atoms with Crippen LogP contribution in [0.25, 0.3) is 0 Å². The molecule has 0 radical (unpaired) electrons.